The predicted molar refractivity (Wildman–Crippen MR) is 110 cm³/mol. The average molecular weight is 393 g/mol. The Morgan fingerprint density at radius 2 is 1.93 bits per heavy atom. The van der Waals surface area contributed by atoms with Crippen LogP contribution in [0.5, 0.6) is 11.5 Å². The van der Waals surface area contributed by atoms with E-state index in [2.05, 4.69) is 11.4 Å². The topological polar surface area (TPSA) is 66.1 Å². The minimum Gasteiger partial charge on any atom is -0.507 e. The molecule has 1 aromatic heterocycles. The second-order valence-electron chi connectivity index (χ2n) is 8.83. The molecule has 5 heteroatoms. The molecule has 1 aromatic carbocycles. The number of phenols is 1. The summed E-state index contributed by atoms with van der Waals surface area (Å²) in [6.07, 6.45) is 9.75. The molecule has 1 heterocycles. The van der Waals surface area contributed by atoms with E-state index in [0.29, 0.717) is 16.9 Å². The van der Waals surface area contributed by atoms with Crippen molar-refractivity contribution in [2.24, 2.45) is 17.8 Å². The molecule has 144 valence electrons. The van der Waals surface area contributed by atoms with Crippen LogP contribution in [0, 0.1) is 29.1 Å². The van der Waals surface area contributed by atoms with Gasteiger partial charge in [-0.25, -0.2) is 4.98 Å². The summed E-state index contributed by atoms with van der Waals surface area (Å²) in [5, 5.41) is 22.8. The summed E-state index contributed by atoms with van der Waals surface area (Å²) < 4.78 is 5.24. The second-order valence-corrected chi connectivity index (χ2v) is 9.69. The van der Waals surface area contributed by atoms with E-state index >= 15 is 0 Å². The van der Waals surface area contributed by atoms with Crippen molar-refractivity contribution in [2.45, 2.75) is 43.9 Å². The summed E-state index contributed by atoms with van der Waals surface area (Å²) in [6.45, 7) is 0. The molecule has 0 aliphatic heterocycles. The molecule has 0 unspecified atom stereocenters. The maximum absolute atomic E-state index is 10.2. The first-order valence-electron chi connectivity index (χ1n) is 10.0. The van der Waals surface area contributed by atoms with Crippen molar-refractivity contribution in [3.63, 3.8) is 0 Å². The number of aromatic nitrogens is 1. The van der Waals surface area contributed by atoms with Crippen LogP contribution in [0.2, 0.25) is 0 Å². The van der Waals surface area contributed by atoms with E-state index in [9.17, 15) is 10.4 Å². The summed E-state index contributed by atoms with van der Waals surface area (Å²) in [6, 6.07) is 7.30. The van der Waals surface area contributed by atoms with Crippen molar-refractivity contribution in [1.29, 1.82) is 5.26 Å². The van der Waals surface area contributed by atoms with E-state index in [-0.39, 0.29) is 11.2 Å². The zero-order valence-corrected chi connectivity index (χ0v) is 16.8. The minimum atomic E-state index is 0.131. The summed E-state index contributed by atoms with van der Waals surface area (Å²) in [4.78, 5) is 4.95. The number of hydrogen-bond acceptors (Lipinski definition) is 5. The van der Waals surface area contributed by atoms with Crippen molar-refractivity contribution in [3.05, 3.63) is 39.8 Å². The van der Waals surface area contributed by atoms with E-state index in [1.807, 2.05) is 0 Å². The lowest BCUT2D eigenvalue weighted by atomic mass is 9.49. The fourth-order valence-electron chi connectivity index (χ4n) is 6.14. The fourth-order valence-corrected chi connectivity index (χ4v) is 7.05. The number of thiazole rings is 1. The zero-order chi connectivity index (χ0) is 19.3. The van der Waals surface area contributed by atoms with E-state index in [1.165, 1.54) is 44.2 Å². The lowest BCUT2D eigenvalue weighted by Gasteiger charge is -2.56. The molecule has 4 aliphatic carbocycles. The Kier molecular flexibility index (Phi) is 4.21. The van der Waals surface area contributed by atoms with Gasteiger partial charge in [0.1, 0.15) is 22.6 Å². The molecule has 0 radical (unpaired) electrons. The maximum atomic E-state index is 10.2. The molecular formula is C23H24N2O2S. The van der Waals surface area contributed by atoms with Crippen molar-refractivity contribution >= 4 is 23.0 Å². The summed E-state index contributed by atoms with van der Waals surface area (Å²) in [5.74, 6) is 3.39. The number of nitriles is 1. The zero-order valence-electron chi connectivity index (χ0n) is 16.0. The molecule has 1 N–H and O–H groups in total. The lowest BCUT2D eigenvalue weighted by molar-refractivity contribution is -0.00694. The highest BCUT2D eigenvalue weighted by Crippen LogP contribution is 2.60. The molecule has 4 saturated carbocycles. The van der Waals surface area contributed by atoms with Gasteiger partial charge in [-0.1, -0.05) is 0 Å². The van der Waals surface area contributed by atoms with Gasteiger partial charge in [0.05, 0.1) is 18.4 Å². The Balaban J connectivity index is 1.48. The fraction of sp³-hybridized carbons (Fsp3) is 0.478. The SMILES string of the molecule is COc1ccc(O)c(/C=C(\C#N)c2nc(C34CC5CC(CC(C5)C3)C4)cs2)c1. The Morgan fingerprint density at radius 1 is 1.25 bits per heavy atom. The van der Waals surface area contributed by atoms with E-state index in [0.717, 1.165) is 22.8 Å². The Labute approximate surface area is 169 Å². The summed E-state index contributed by atoms with van der Waals surface area (Å²) in [5.41, 5.74) is 2.50. The molecule has 2 aromatic rings. The van der Waals surface area contributed by atoms with Crippen LogP contribution in [-0.4, -0.2) is 17.2 Å². The molecule has 6 rings (SSSR count). The molecule has 0 saturated heterocycles. The molecule has 0 atom stereocenters. The number of phenolic OH excluding ortho intramolecular Hbond substituents is 1. The highest BCUT2D eigenvalue weighted by molar-refractivity contribution is 7.11. The number of ether oxygens (including phenoxy) is 1. The number of nitrogens with zero attached hydrogens (tertiary/aromatic N) is 2. The van der Waals surface area contributed by atoms with Crippen molar-refractivity contribution < 1.29 is 9.84 Å². The number of allylic oxidation sites excluding steroid dienone is 1. The Hall–Kier alpha value is -2.32. The summed E-state index contributed by atoms with van der Waals surface area (Å²) >= 11 is 1.55. The first-order chi connectivity index (χ1) is 13.6. The lowest BCUT2D eigenvalue weighted by Crippen LogP contribution is -2.48. The predicted octanol–water partition coefficient (Wildman–Crippen LogP) is 5.39. The van der Waals surface area contributed by atoms with Gasteiger partial charge in [0.25, 0.3) is 0 Å². The van der Waals surface area contributed by atoms with Crippen molar-refractivity contribution in [3.8, 4) is 17.6 Å². The normalized spacial score (nSPS) is 31.0. The Bertz CT molecular complexity index is 949. The molecule has 28 heavy (non-hydrogen) atoms. The van der Waals surface area contributed by atoms with E-state index in [1.54, 1.807) is 42.7 Å². The number of benzene rings is 1. The van der Waals surface area contributed by atoms with Crippen molar-refractivity contribution in [1.82, 2.24) is 4.98 Å². The average Bonchev–Trinajstić information content (AvgIpc) is 3.17. The van der Waals surface area contributed by atoms with Gasteiger partial charge in [-0.05, 0) is 80.6 Å². The smallest absolute Gasteiger partial charge is 0.134 e. The highest BCUT2D eigenvalue weighted by Gasteiger charge is 2.52. The minimum absolute atomic E-state index is 0.131. The molecule has 0 spiro atoms. The third-order valence-corrected chi connectivity index (χ3v) is 7.85. The van der Waals surface area contributed by atoms with Crippen LogP contribution < -0.4 is 4.74 Å². The van der Waals surface area contributed by atoms with Gasteiger partial charge in [-0.3, -0.25) is 0 Å². The van der Waals surface area contributed by atoms with Crippen molar-refractivity contribution in [2.75, 3.05) is 7.11 Å². The molecule has 4 bridgehead atoms. The number of hydrogen-bond donors (Lipinski definition) is 1. The van der Waals surface area contributed by atoms with Crippen LogP contribution in [0.15, 0.2) is 23.6 Å². The van der Waals surface area contributed by atoms with Crippen LogP contribution in [-0.2, 0) is 5.41 Å². The van der Waals surface area contributed by atoms with Gasteiger partial charge in [0.2, 0.25) is 0 Å². The van der Waals surface area contributed by atoms with Gasteiger partial charge in [-0.15, -0.1) is 11.3 Å². The van der Waals surface area contributed by atoms with Gasteiger partial charge >= 0.3 is 0 Å². The third kappa shape index (κ3) is 2.91. The monoisotopic (exact) mass is 392 g/mol. The number of aromatic hydroxyl groups is 1. The second kappa shape index (κ2) is 6.63. The first kappa shape index (κ1) is 17.8. The van der Waals surface area contributed by atoms with Gasteiger partial charge in [0.15, 0.2) is 0 Å². The molecule has 4 aliphatic rings. The highest BCUT2D eigenvalue weighted by atomic mass is 32.1. The number of rotatable bonds is 4. The van der Waals surface area contributed by atoms with Gasteiger partial charge in [-0.2, -0.15) is 5.26 Å². The maximum Gasteiger partial charge on any atom is 0.134 e. The quantitative estimate of drug-likeness (QED) is 0.709. The third-order valence-electron chi connectivity index (χ3n) is 6.97. The van der Waals surface area contributed by atoms with E-state index in [4.69, 9.17) is 9.72 Å². The van der Waals surface area contributed by atoms with Crippen LogP contribution in [0.1, 0.15) is 54.8 Å². The van der Waals surface area contributed by atoms with Gasteiger partial charge in [0, 0.05) is 16.4 Å². The molecular weight excluding hydrogens is 368 g/mol. The molecule has 4 nitrogen and oxygen atoms in total. The van der Waals surface area contributed by atoms with Crippen LogP contribution in [0.4, 0.5) is 0 Å². The first-order valence-corrected chi connectivity index (χ1v) is 10.9. The van der Waals surface area contributed by atoms with Gasteiger partial charge < -0.3 is 9.84 Å². The molecule has 4 fully saturated rings. The van der Waals surface area contributed by atoms with E-state index < -0.39 is 0 Å². The standard InChI is InChI=1S/C23H24N2O2S/c1-27-19-2-3-20(26)17(8-19)7-18(12-24)22-25-21(13-28-22)23-9-14-4-15(10-23)6-16(5-14)11-23/h2-3,7-8,13-16,26H,4-6,9-11H2,1H3/b18-7+. The van der Waals surface area contributed by atoms with Crippen LogP contribution >= 0.6 is 11.3 Å². The Morgan fingerprint density at radius 3 is 2.54 bits per heavy atom. The van der Waals surface area contributed by atoms with Crippen LogP contribution in [0.3, 0.4) is 0 Å². The largest absolute Gasteiger partial charge is 0.507 e. The summed E-state index contributed by atoms with van der Waals surface area (Å²) in [7, 11) is 1.59. The molecule has 0 amide bonds. The van der Waals surface area contributed by atoms with Crippen LogP contribution in [0.25, 0.3) is 11.6 Å². The number of methoxy groups -OCH3 is 1.